The molecule has 2 saturated heterocycles. The fourth-order valence-electron chi connectivity index (χ4n) is 4.03. The number of carbonyl (C=O) groups is 1. The Hall–Kier alpha value is -2.41. The van der Waals surface area contributed by atoms with Gasteiger partial charge in [0.25, 0.3) is 0 Å². The van der Waals surface area contributed by atoms with Gasteiger partial charge in [0.05, 0.1) is 12.2 Å². The smallest absolute Gasteiger partial charge is 0.220 e. The average molecular weight is 384 g/mol. The van der Waals surface area contributed by atoms with Gasteiger partial charge in [0.1, 0.15) is 5.01 Å². The maximum atomic E-state index is 11.7. The Balaban J connectivity index is 1.38. The van der Waals surface area contributed by atoms with Gasteiger partial charge in [-0.1, -0.05) is 30.3 Å². The van der Waals surface area contributed by atoms with Crippen LogP contribution in [0.15, 0.2) is 40.7 Å². The molecular formula is C20H25N5OS. The van der Waals surface area contributed by atoms with Crippen molar-refractivity contribution < 1.29 is 4.79 Å². The van der Waals surface area contributed by atoms with E-state index in [-0.39, 0.29) is 11.3 Å². The molecule has 2 aromatic rings. The van der Waals surface area contributed by atoms with Crippen LogP contribution < -0.4 is 10.6 Å². The number of aromatic nitrogens is 1. The molecule has 142 valence electrons. The fraction of sp³-hybridized carbons (Fsp3) is 0.450. The van der Waals surface area contributed by atoms with Crippen LogP contribution in [0.1, 0.15) is 25.0 Å². The van der Waals surface area contributed by atoms with Crippen LogP contribution in [0.25, 0.3) is 10.6 Å². The molecule has 7 heteroatoms. The highest BCUT2D eigenvalue weighted by Gasteiger charge is 2.42. The van der Waals surface area contributed by atoms with Crippen molar-refractivity contribution in [1.82, 2.24) is 20.5 Å². The molecule has 0 bridgehead atoms. The summed E-state index contributed by atoms with van der Waals surface area (Å²) in [6, 6.07) is 10.2. The van der Waals surface area contributed by atoms with Crippen LogP contribution in [0.4, 0.5) is 0 Å². The van der Waals surface area contributed by atoms with E-state index in [1.54, 1.807) is 11.3 Å². The minimum absolute atomic E-state index is 0.0636. The highest BCUT2D eigenvalue weighted by atomic mass is 32.1. The predicted molar refractivity (Wildman–Crippen MR) is 109 cm³/mol. The van der Waals surface area contributed by atoms with Crippen molar-refractivity contribution in [3.8, 4) is 10.6 Å². The SMILES string of the molecule is CN=C(NCc1csc(-c2ccccc2)n1)N1CCCC2(CNC(=O)C2)C1. The number of thiazole rings is 1. The molecule has 1 aromatic heterocycles. The molecule has 1 aromatic carbocycles. The summed E-state index contributed by atoms with van der Waals surface area (Å²) in [6.07, 6.45) is 2.82. The summed E-state index contributed by atoms with van der Waals surface area (Å²) < 4.78 is 0. The van der Waals surface area contributed by atoms with Crippen molar-refractivity contribution in [3.63, 3.8) is 0 Å². The first-order chi connectivity index (χ1) is 13.2. The van der Waals surface area contributed by atoms with E-state index in [2.05, 4.69) is 38.0 Å². The molecule has 4 rings (SSSR count). The van der Waals surface area contributed by atoms with Gasteiger partial charge in [0.15, 0.2) is 5.96 Å². The monoisotopic (exact) mass is 383 g/mol. The lowest BCUT2D eigenvalue weighted by molar-refractivity contribution is -0.119. The minimum atomic E-state index is 0.0636. The molecule has 1 amide bonds. The normalized spacial score (nSPS) is 22.9. The van der Waals surface area contributed by atoms with E-state index < -0.39 is 0 Å². The van der Waals surface area contributed by atoms with Crippen molar-refractivity contribution in [3.05, 3.63) is 41.4 Å². The molecule has 2 N–H and O–H groups in total. The van der Waals surface area contributed by atoms with Crippen molar-refractivity contribution in [1.29, 1.82) is 0 Å². The van der Waals surface area contributed by atoms with Gasteiger partial charge >= 0.3 is 0 Å². The zero-order chi connectivity index (χ0) is 18.7. The third kappa shape index (κ3) is 3.98. The Morgan fingerprint density at radius 3 is 3.00 bits per heavy atom. The second-order valence-corrected chi connectivity index (χ2v) is 8.25. The van der Waals surface area contributed by atoms with E-state index in [1.807, 2.05) is 25.2 Å². The molecule has 0 radical (unpaired) electrons. The summed E-state index contributed by atoms with van der Waals surface area (Å²) in [7, 11) is 1.82. The number of nitrogens with zero attached hydrogens (tertiary/aromatic N) is 3. The molecule has 1 unspecified atom stereocenters. The van der Waals surface area contributed by atoms with Gasteiger partial charge < -0.3 is 15.5 Å². The highest BCUT2D eigenvalue weighted by molar-refractivity contribution is 7.13. The van der Waals surface area contributed by atoms with Crippen LogP contribution in [-0.2, 0) is 11.3 Å². The molecule has 2 aliphatic heterocycles. The molecule has 2 fully saturated rings. The number of piperidine rings is 1. The Morgan fingerprint density at radius 2 is 2.26 bits per heavy atom. The van der Waals surface area contributed by atoms with Crippen LogP contribution in [0.2, 0.25) is 0 Å². The Labute approximate surface area is 163 Å². The number of amides is 1. The summed E-state index contributed by atoms with van der Waals surface area (Å²) in [4.78, 5) is 23.2. The van der Waals surface area contributed by atoms with Gasteiger partial charge in [-0.2, -0.15) is 0 Å². The lowest BCUT2D eigenvalue weighted by Crippen LogP contribution is -2.51. The van der Waals surface area contributed by atoms with Gasteiger partial charge in [-0.25, -0.2) is 4.98 Å². The van der Waals surface area contributed by atoms with Gasteiger partial charge in [-0.05, 0) is 12.8 Å². The van der Waals surface area contributed by atoms with E-state index in [4.69, 9.17) is 4.98 Å². The first kappa shape index (κ1) is 18.0. The van der Waals surface area contributed by atoms with Crippen LogP contribution in [-0.4, -0.2) is 48.4 Å². The Bertz CT molecular complexity index is 834. The van der Waals surface area contributed by atoms with Crippen molar-refractivity contribution >= 4 is 23.2 Å². The summed E-state index contributed by atoms with van der Waals surface area (Å²) in [6.45, 7) is 3.28. The maximum Gasteiger partial charge on any atom is 0.220 e. The average Bonchev–Trinajstić information content (AvgIpc) is 3.30. The van der Waals surface area contributed by atoms with Crippen molar-refractivity contribution in [2.45, 2.75) is 25.8 Å². The number of aliphatic imine (C=N–C) groups is 1. The predicted octanol–water partition coefficient (Wildman–Crippen LogP) is 2.49. The third-order valence-electron chi connectivity index (χ3n) is 5.37. The molecule has 0 aliphatic carbocycles. The van der Waals surface area contributed by atoms with E-state index in [9.17, 15) is 4.79 Å². The molecule has 2 aliphatic rings. The van der Waals surface area contributed by atoms with Crippen LogP contribution in [0, 0.1) is 5.41 Å². The quantitative estimate of drug-likeness (QED) is 0.631. The molecule has 1 atom stereocenters. The number of likely N-dealkylation sites (tertiary alicyclic amines) is 1. The molecule has 0 saturated carbocycles. The second kappa shape index (κ2) is 7.68. The second-order valence-electron chi connectivity index (χ2n) is 7.39. The summed E-state index contributed by atoms with van der Waals surface area (Å²) in [5.41, 5.74) is 2.23. The number of carbonyl (C=O) groups excluding carboxylic acids is 1. The molecular weight excluding hydrogens is 358 g/mol. The summed E-state index contributed by atoms with van der Waals surface area (Å²) in [5, 5.41) is 9.59. The number of hydrogen-bond donors (Lipinski definition) is 2. The first-order valence-electron chi connectivity index (χ1n) is 9.40. The lowest BCUT2D eigenvalue weighted by atomic mass is 9.79. The van der Waals surface area contributed by atoms with Crippen molar-refractivity contribution in [2.75, 3.05) is 26.7 Å². The molecule has 27 heavy (non-hydrogen) atoms. The summed E-state index contributed by atoms with van der Waals surface area (Å²) in [5.74, 6) is 1.07. The van der Waals surface area contributed by atoms with E-state index in [0.29, 0.717) is 13.0 Å². The largest absolute Gasteiger partial charge is 0.355 e. The zero-order valence-electron chi connectivity index (χ0n) is 15.6. The third-order valence-corrected chi connectivity index (χ3v) is 6.31. The number of rotatable bonds is 3. The topological polar surface area (TPSA) is 69.6 Å². The van der Waals surface area contributed by atoms with Gasteiger partial charge in [0, 0.05) is 49.5 Å². The standard InChI is InChI=1S/C20H25N5OS/c1-21-19(25-9-5-8-20(14-25)10-17(26)23-13-20)22-11-16-12-27-18(24-16)15-6-3-2-4-7-15/h2-4,6-7,12H,5,8-11,13-14H2,1H3,(H,21,22)(H,23,26). The molecule has 6 nitrogen and oxygen atoms in total. The van der Waals surface area contributed by atoms with Crippen LogP contribution >= 0.6 is 11.3 Å². The number of nitrogens with one attached hydrogen (secondary N) is 2. The number of hydrogen-bond acceptors (Lipinski definition) is 4. The maximum absolute atomic E-state index is 11.7. The first-order valence-corrected chi connectivity index (χ1v) is 10.3. The lowest BCUT2D eigenvalue weighted by Gasteiger charge is -2.40. The Kier molecular flexibility index (Phi) is 5.11. The summed E-state index contributed by atoms with van der Waals surface area (Å²) >= 11 is 1.66. The van der Waals surface area contributed by atoms with E-state index >= 15 is 0 Å². The zero-order valence-corrected chi connectivity index (χ0v) is 16.4. The molecule has 3 heterocycles. The van der Waals surface area contributed by atoms with Gasteiger partial charge in [-0.3, -0.25) is 9.79 Å². The van der Waals surface area contributed by atoms with Gasteiger partial charge in [0.2, 0.25) is 5.91 Å². The number of benzene rings is 1. The Morgan fingerprint density at radius 1 is 1.41 bits per heavy atom. The van der Waals surface area contributed by atoms with Crippen molar-refractivity contribution in [2.24, 2.45) is 10.4 Å². The van der Waals surface area contributed by atoms with Crippen LogP contribution in [0.3, 0.4) is 0 Å². The minimum Gasteiger partial charge on any atom is -0.355 e. The fourth-order valence-corrected chi connectivity index (χ4v) is 4.86. The van der Waals surface area contributed by atoms with Gasteiger partial charge in [-0.15, -0.1) is 11.3 Å². The van der Waals surface area contributed by atoms with E-state index in [0.717, 1.165) is 54.7 Å². The highest BCUT2D eigenvalue weighted by Crippen LogP contribution is 2.36. The van der Waals surface area contributed by atoms with Crippen LogP contribution in [0.5, 0.6) is 0 Å². The van der Waals surface area contributed by atoms with E-state index in [1.165, 1.54) is 0 Å². The molecule has 1 spiro atoms. The number of guanidine groups is 1.